The van der Waals surface area contributed by atoms with Crippen LogP contribution in [0.3, 0.4) is 0 Å². The zero-order valence-corrected chi connectivity index (χ0v) is 16.6. The molecule has 29 heavy (non-hydrogen) atoms. The second-order valence-electron chi connectivity index (χ2n) is 5.83. The molecular weight excluding hydrogens is 437 g/mol. The van der Waals surface area contributed by atoms with Crippen LogP contribution in [0.15, 0.2) is 40.8 Å². The van der Waals surface area contributed by atoms with Crippen LogP contribution in [-0.4, -0.2) is 27.0 Å². The molecule has 0 radical (unpaired) electrons. The van der Waals surface area contributed by atoms with Crippen LogP contribution in [0.5, 0.6) is 11.5 Å². The predicted octanol–water partition coefficient (Wildman–Crippen LogP) is 5.32. The smallest absolute Gasteiger partial charge is 0.416 e. The number of carbonyl (C=O) groups is 1. The first-order chi connectivity index (χ1) is 13.3. The van der Waals surface area contributed by atoms with Crippen LogP contribution in [0.1, 0.15) is 22.8 Å². The van der Waals surface area contributed by atoms with Gasteiger partial charge in [0.1, 0.15) is 17.1 Å². The Morgan fingerprint density at radius 2 is 1.93 bits per heavy atom. The normalized spacial score (nSPS) is 13.4. The highest BCUT2D eigenvalue weighted by Gasteiger charge is 2.31. The molecule has 0 N–H and O–H groups in total. The molecule has 1 atom stereocenters. The molecule has 0 fully saturated rings. The number of benzene rings is 2. The minimum absolute atomic E-state index is 0.0594. The molecule has 0 saturated heterocycles. The number of ether oxygens (including phenoxy) is 1. The van der Waals surface area contributed by atoms with E-state index in [4.69, 9.17) is 16.3 Å². The quantitative estimate of drug-likeness (QED) is 0.453. The molecule has 0 bridgehead atoms. The Morgan fingerprint density at radius 3 is 2.45 bits per heavy atom. The summed E-state index contributed by atoms with van der Waals surface area (Å²) in [6, 6.07) is 5.50. The van der Waals surface area contributed by atoms with E-state index in [9.17, 15) is 32.3 Å². The van der Waals surface area contributed by atoms with Gasteiger partial charge in [-0.1, -0.05) is 18.5 Å². The number of nitro benzene ring substituents is 1. The standard InChI is InChI=1S/C17H14ClF3N2O5S/c1-3-29(2,27)22-16(24)12-9-11(5-6-14(12)23(25)26)28-15-7-4-10(8-13(15)18)17(19,20)21/h4-9H,3H2,1-2H3. The van der Waals surface area contributed by atoms with Crippen LogP contribution in [0.2, 0.25) is 5.02 Å². The third kappa shape index (κ3) is 5.67. The molecule has 0 saturated carbocycles. The summed E-state index contributed by atoms with van der Waals surface area (Å²) in [6.07, 6.45) is -3.36. The predicted molar refractivity (Wildman–Crippen MR) is 101 cm³/mol. The van der Waals surface area contributed by atoms with Gasteiger partial charge in [0.15, 0.2) is 0 Å². The van der Waals surface area contributed by atoms with Gasteiger partial charge in [-0.2, -0.15) is 17.5 Å². The monoisotopic (exact) mass is 450 g/mol. The third-order valence-electron chi connectivity index (χ3n) is 3.69. The molecule has 1 amide bonds. The average molecular weight is 451 g/mol. The van der Waals surface area contributed by atoms with Gasteiger partial charge in [-0.3, -0.25) is 14.9 Å². The van der Waals surface area contributed by atoms with Crippen molar-refractivity contribution in [3.05, 3.63) is 62.7 Å². The summed E-state index contributed by atoms with van der Waals surface area (Å²) in [5.74, 6) is -1.27. The van der Waals surface area contributed by atoms with Crippen LogP contribution >= 0.6 is 11.6 Å². The summed E-state index contributed by atoms with van der Waals surface area (Å²) in [7, 11) is -2.87. The van der Waals surface area contributed by atoms with Crippen molar-refractivity contribution in [2.45, 2.75) is 13.1 Å². The highest BCUT2D eigenvalue weighted by Crippen LogP contribution is 2.37. The van der Waals surface area contributed by atoms with Crippen LogP contribution < -0.4 is 4.74 Å². The van der Waals surface area contributed by atoms with Crippen LogP contribution in [0.25, 0.3) is 0 Å². The summed E-state index contributed by atoms with van der Waals surface area (Å²) < 4.78 is 59.1. The Kier molecular flexibility index (Phi) is 6.53. The first-order valence-electron chi connectivity index (χ1n) is 7.91. The van der Waals surface area contributed by atoms with Crippen molar-refractivity contribution in [2.75, 3.05) is 12.0 Å². The van der Waals surface area contributed by atoms with Gasteiger partial charge >= 0.3 is 6.18 Å². The first-order valence-corrected chi connectivity index (χ1v) is 10.4. The number of nitrogens with zero attached hydrogens (tertiary/aromatic N) is 2. The Labute approximate surface area is 168 Å². The largest absolute Gasteiger partial charge is 0.456 e. The van der Waals surface area contributed by atoms with E-state index >= 15 is 0 Å². The summed E-state index contributed by atoms with van der Waals surface area (Å²) in [5.41, 5.74) is -2.04. The molecule has 7 nitrogen and oxygen atoms in total. The second kappa shape index (κ2) is 8.37. The molecule has 0 spiro atoms. The maximum atomic E-state index is 12.7. The fourth-order valence-corrected chi connectivity index (χ4v) is 2.88. The lowest BCUT2D eigenvalue weighted by Crippen LogP contribution is -2.07. The van der Waals surface area contributed by atoms with Gasteiger partial charge in [0.25, 0.3) is 11.6 Å². The molecule has 0 aliphatic heterocycles. The lowest BCUT2D eigenvalue weighted by Gasteiger charge is -2.11. The maximum absolute atomic E-state index is 12.7. The molecule has 1 unspecified atom stereocenters. The number of alkyl halides is 3. The van der Waals surface area contributed by atoms with Crippen molar-refractivity contribution < 1.29 is 31.8 Å². The van der Waals surface area contributed by atoms with Gasteiger partial charge in [-0.25, -0.2) is 4.21 Å². The number of hydrogen-bond acceptors (Lipinski definition) is 5. The van der Waals surface area contributed by atoms with Crippen molar-refractivity contribution >= 4 is 32.9 Å². The maximum Gasteiger partial charge on any atom is 0.416 e. The molecule has 0 aliphatic rings. The van der Waals surface area contributed by atoms with Crippen LogP contribution in [0, 0.1) is 10.1 Å². The zero-order chi connectivity index (χ0) is 22.0. The van der Waals surface area contributed by atoms with E-state index in [1.807, 2.05) is 0 Å². The van der Waals surface area contributed by atoms with Gasteiger partial charge in [-0.05, 0) is 24.3 Å². The summed E-state index contributed by atoms with van der Waals surface area (Å²) >= 11 is 5.82. The SMILES string of the molecule is CCS(C)(=O)=NC(=O)c1cc(Oc2ccc(C(F)(F)F)cc2Cl)ccc1[N+](=O)[O-]. The average Bonchev–Trinajstić information content (AvgIpc) is 2.62. The van der Waals surface area contributed by atoms with Crippen LogP contribution in [0.4, 0.5) is 18.9 Å². The molecule has 0 heterocycles. The molecule has 0 aliphatic carbocycles. The first kappa shape index (κ1) is 22.6. The highest BCUT2D eigenvalue weighted by molar-refractivity contribution is 7.93. The van der Waals surface area contributed by atoms with Crippen molar-refractivity contribution in [3.63, 3.8) is 0 Å². The second-order valence-corrected chi connectivity index (χ2v) is 8.91. The van der Waals surface area contributed by atoms with Crippen LogP contribution in [-0.2, 0) is 15.9 Å². The number of hydrogen-bond donors (Lipinski definition) is 0. The van der Waals surface area contributed by atoms with Gasteiger partial charge in [-0.15, -0.1) is 0 Å². The van der Waals surface area contributed by atoms with Gasteiger partial charge in [0.2, 0.25) is 0 Å². The highest BCUT2D eigenvalue weighted by atomic mass is 35.5. The Hall–Kier alpha value is -2.66. The van der Waals surface area contributed by atoms with E-state index in [1.54, 1.807) is 6.92 Å². The van der Waals surface area contributed by atoms with Gasteiger partial charge < -0.3 is 4.74 Å². The lowest BCUT2D eigenvalue weighted by molar-refractivity contribution is -0.385. The number of carbonyl (C=O) groups excluding carboxylic acids is 1. The van der Waals surface area contributed by atoms with Crippen molar-refractivity contribution in [3.8, 4) is 11.5 Å². The van der Waals surface area contributed by atoms with Gasteiger partial charge in [0, 0.05) is 24.1 Å². The fourth-order valence-electron chi connectivity index (χ4n) is 2.09. The minimum atomic E-state index is -4.59. The van der Waals surface area contributed by atoms with E-state index in [0.29, 0.717) is 6.07 Å². The molecular formula is C17H14ClF3N2O5S. The van der Waals surface area contributed by atoms with E-state index < -0.39 is 43.6 Å². The zero-order valence-electron chi connectivity index (χ0n) is 15.0. The molecule has 2 aromatic carbocycles. The Morgan fingerprint density at radius 1 is 1.28 bits per heavy atom. The molecule has 2 rings (SSSR count). The Bertz CT molecular complexity index is 1090. The van der Waals surface area contributed by atoms with E-state index in [1.165, 1.54) is 6.26 Å². The number of amides is 1. The van der Waals surface area contributed by atoms with Gasteiger partial charge in [0.05, 0.1) is 25.2 Å². The third-order valence-corrected chi connectivity index (χ3v) is 5.61. The minimum Gasteiger partial charge on any atom is -0.456 e. The number of nitro groups is 1. The Balaban J connectivity index is 2.46. The lowest BCUT2D eigenvalue weighted by atomic mass is 10.1. The number of halogens is 4. The topological polar surface area (TPSA) is 98.9 Å². The van der Waals surface area contributed by atoms with Crippen molar-refractivity contribution in [1.82, 2.24) is 0 Å². The molecule has 156 valence electrons. The molecule has 2 aromatic rings. The van der Waals surface area contributed by atoms with E-state index in [0.717, 1.165) is 30.3 Å². The number of rotatable bonds is 5. The van der Waals surface area contributed by atoms with Crippen molar-refractivity contribution in [1.29, 1.82) is 0 Å². The molecule has 0 aromatic heterocycles. The summed E-state index contributed by atoms with van der Waals surface area (Å²) in [4.78, 5) is 22.7. The summed E-state index contributed by atoms with van der Waals surface area (Å²) in [5, 5.41) is 10.8. The van der Waals surface area contributed by atoms with E-state index in [-0.39, 0.29) is 22.3 Å². The molecule has 12 heteroatoms. The summed E-state index contributed by atoms with van der Waals surface area (Å²) in [6.45, 7) is 1.54. The van der Waals surface area contributed by atoms with E-state index in [2.05, 4.69) is 4.36 Å². The fraction of sp³-hybridized carbons (Fsp3) is 0.235. The van der Waals surface area contributed by atoms with Crippen molar-refractivity contribution in [2.24, 2.45) is 4.36 Å².